The first-order chi connectivity index (χ1) is 32.7. The number of aromatic nitrogens is 5. The van der Waals surface area contributed by atoms with E-state index in [4.69, 9.17) is 15.0 Å². The summed E-state index contributed by atoms with van der Waals surface area (Å²) in [4.78, 5) is 15.7. The summed E-state index contributed by atoms with van der Waals surface area (Å²) in [6.07, 6.45) is 0. The van der Waals surface area contributed by atoms with Crippen LogP contribution in [0.1, 0.15) is 0 Å². The molecule has 0 bridgehead atoms. The Balaban J connectivity index is 0.952. The van der Waals surface area contributed by atoms with Gasteiger partial charge in [0.05, 0.1) is 27.8 Å². The molecular formula is C61H37N5. The van der Waals surface area contributed by atoms with Crippen LogP contribution in [0.25, 0.3) is 132 Å². The number of benzene rings is 11. The number of rotatable bonds is 5. The van der Waals surface area contributed by atoms with Crippen molar-refractivity contribution in [3.8, 4) is 45.5 Å². The number of hydrogen-bond donors (Lipinski definition) is 0. The Hall–Kier alpha value is -8.93. The lowest BCUT2D eigenvalue weighted by molar-refractivity contribution is 0.954. The fraction of sp³-hybridized carbons (Fsp3) is 0. The predicted molar refractivity (Wildman–Crippen MR) is 275 cm³/mol. The summed E-state index contributed by atoms with van der Waals surface area (Å²) in [6, 6.07) is 80.7. The molecule has 0 amide bonds. The number of hydrogen-bond acceptors (Lipinski definition) is 3. The first kappa shape index (κ1) is 36.5. The van der Waals surface area contributed by atoms with Crippen molar-refractivity contribution in [2.45, 2.75) is 0 Å². The molecule has 3 heterocycles. The SMILES string of the molecule is c1ccc2cc(-c3nc(-c4ccc5ccccc5c4)nc(-n4c5ccccc5c5cc(-c6ccc7c(c6)c6ccccc6n7-c6cc7ccccc7c7ccccc67)ccc54)n3)ccc2c1. The molecule has 11 aromatic carbocycles. The van der Waals surface area contributed by atoms with Gasteiger partial charge in [-0.25, -0.2) is 4.98 Å². The molecule has 0 atom stereocenters. The van der Waals surface area contributed by atoms with E-state index in [1.807, 2.05) is 0 Å². The molecule has 0 saturated heterocycles. The van der Waals surface area contributed by atoms with Crippen LogP contribution < -0.4 is 0 Å². The van der Waals surface area contributed by atoms with Gasteiger partial charge in [-0.2, -0.15) is 9.97 Å². The van der Waals surface area contributed by atoms with Crippen LogP contribution in [-0.4, -0.2) is 24.1 Å². The zero-order valence-electron chi connectivity index (χ0n) is 35.6. The highest BCUT2D eigenvalue weighted by Gasteiger charge is 2.21. The topological polar surface area (TPSA) is 48.5 Å². The van der Waals surface area contributed by atoms with Crippen LogP contribution in [0.5, 0.6) is 0 Å². The minimum atomic E-state index is 0.575. The van der Waals surface area contributed by atoms with Crippen molar-refractivity contribution in [3.05, 3.63) is 224 Å². The lowest BCUT2D eigenvalue weighted by atomic mass is 9.99. The third kappa shape index (κ3) is 5.63. The summed E-state index contributed by atoms with van der Waals surface area (Å²) >= 11 is 0. The Kier molecular flexibility index (Phi) is 7.91. The lowest BCUT2D eigenvalue weighted by Crippen LogP contribution is -2.06. The van der Waals surface area contributed by atoms with Gasteiger partial charge in [-0.15, -0.1) is 0 Å². The van der Waals surface area contributed by atoms with Crippen molar-refractivity contribution in [1.82, 2.24) is 24.1 Å². The van der Waals surface area contributed by atoms with Gasteiger partial charge in [0.25, 0.3) is 0 Å². The van der Waals surface area contributed by atoms with Gasteiger partial charge in [0.2, 0.25) is 5.95 Å². The average molecular weight is 840 g/mol. The highest BCUT2D eigenvalue weighted by atomic mass is 15.2. The van der Waals surface area contributed by atoms with E-state index in [1.54, 1.807) is 0 Å². The van der Waals surface area contributed by atoms with E-state index in [0.29, 0.717) is 17.6 Å². The highest BCUT2D eigenvalue weighted by molar-refractivity contribution is 6.16. The molecule has 0 radical (unpaired) electrons. The molecule has 0 saturated carbocycles. The molecule has 5 heteroatoms. The number of fused-ring (bicyclic) bond motifs is 11. The van der Waals surface area contributed by atoms with Crippen molar-refractivity contribution in [1.29, 1.82) is 0 Å². The van der Waals surface area contributed by atoms with Crippen molar-refractivity contribution in [3.63, 3.8) is 0 Å². The first-order valence-electron chi connectivity index (χ1n) is 22.4. The van der Waals surface area contributed by atoms with Crippen molar-refractivity contribution in [2.75, 3.05) is 0 Å². The highest BCUT2D eigenvalue weighted by Crippen LogP contribution is 2.41. The average Bonchev–Trinajstić information content (AvgIpc) is 3.90. The van der Waals surface area contributed by atoms with Gasteiger partial charge in [-0.05, 0) is 103 Å². The fourth-order valence-corrected chi connectivity index (χ4v) is 10.4. The van der Waals surface area contributed by atoms with E-state index in [-0.39, 0.29) is 0 Å². The number of para-hydroxylation sites is 2. The third-order valence-electron chi connectivity index (χ3n) is 13.5. The summed E-state index contributed by atoms with van der Waals surface area (Å²) in [5.74, 6) is 1.83. The van der Waals surface area contributed by atoms with Gasteiger partial charge in [0.15, 0.2) is 11.6 Å². The summed E-state index contributed by atoms with van der Waals surface area (Å²) in [5.41, 5.74) is 9.79. The van der Waals surface area contributed by atoms with Gasteiger partial charge >= 0.3 is 0 Å². The van der Waals surface area contributed by atoms with Crippen LogP contribution in [0.4, 0.5) is 0 Å². The molecule has 0 spiro atoms. The predicted octanol–water partition coefficient (Wildman–Crippen LogP) is 15.7. The van der Waals surface area contributed by atoms with Gasteiger partial charge < -0.3 is 4.57 Å². The third-order valence-corrected chi connectivity index (χ3v) is 13.5. The second-order valence-electron chi connectivity index (χ2n) is 17.2. The molecule has 0 aliphatic heterocycles. The molecular weight excluding hydrogens is 803 g/mol. The van der Waals surface area contributed by atoms with E-state index in [9.17, 15) is 0 Å². The first-order valence-corrected chi connectivity index (χ1v) is 22.4. The maximum atomic E-state index is 5.29. The molecule has 0 fully saturated rings. The molecule has 306 valence electrons. The summed E-state index contributed by atoms with van der Waals surface area (Å²) in [7, 11) is 0. The van der Waals surface area contributed by atoms with E-state index in [2.05, 4.69) is 234 Å². The minimum absolute atomic E-state index is 0.575. The monoisotopic (exact) mass is 839 g/mol. The Labute approximate surface area is 379 Å². The van der Waals surface area contributed by atoms with Crippen LogP contribution >= 0.6 is 0 Å². The van der Waals surface area contributed by atoms with E-state index < -0.39 is 0 Å². The summed E-state index contributed by atoms with van der Waals surface area (Å²) in [5, 5.41) is 14.3. The maximum Gasteiger partial charge on any atom is 0.238 e. The van der Waals surface area contributed by atoms with Crippen LogP contribution in [0.2, 0.25) is 0 Å². The largest absolute Gasteiger partial charge is 0.309 e. The lowest BCUT2D eigenvalue weighted by Gasteiger charge is -2.14. The Morgan fingerprint density at radius 1 is 0.242 bits per heavy atom. The Morgan fingerprint density at radius 3 is 1.26 bits per heavy atom. The Bertz CT molecular complexity index is 4210. The van der Waals surface area contributed by atoms with E-state index >= 15 is 0 Å². The van der Waals surface area contributed by atoms with Crippen LogP contribution in [-0.2, 0) is 0 Å². The quantitative estimate of drug-likeness (QED) is 0.162. The summed E-state index contributed by atoms with van der Waals surface area (Å²) < 4.78 is 4.66. The van der Waals surface area contributed by atoms with Gasteiger partial charge in [0.1, 0.15) is 0 Å². The molecule has 14 aromatic rings. The van der Waals surface area contributed by atoms with Crippen LogP contribution in [0.15, 0.2) is 224 Å². The minimum Gasteiger partial charge on any atom is -0.309 e. The van der Waals surface area contributed by atoms with Gasteiger partial charge in [-0.1, -0.05) is 170 Å². The fourth-order valence-electron chi connectivity index (χ4n) is 10.4. The molecule has 14 rings (SSSR count). The van der Waals surface area contributed by atoms with E-state index in [0.717, 1.165) is 54.8 Å². The van der Waals surface area contributed by atoms with E-state index in [1.165, 1.54) is 59.8 Å². The zero-order valence-corrected chi connectivity index (χ0v) is 35.6. The molecule has 0 aliphatic rings. The second kappa shape index (κ2) is 14.3. The van der Waals surface area contributed by atoms with Crippen LogP contribution in [0.3, 0.4) is 0 Å². The maximum absolute atomic E-state index is 5.29. The standard InChI is InChI=1S/C61H37N5/c1-3-15-40-33-45(27-25-38(40)13-1)59-62-60(46-28-26-39-14-2-4-16-41(39)34-46)64-61(63-59)66-55-24-12-10-22-51(55)53-36-43(30-32-57(53)66)42-29-31-56-52(35-42)50-21-9-11-23-54(50)65(56)58-37-44-17-5-6-18-47(44)48-19-7-8-20-49(48)58/h1-37H. The molecule has 5 nitrogen and oxygen atoms in total. The second-order valence-corrected chi connectivity index (χ2v) is 17.2. The van der Waals surface area contributed by atoms with Gasteiger partial charge in [-0.3, -0.25) is 4.57 Å². The smallest absolute Gasteiger partial charge is 0.238 e. The van der Waals surface area contributed by atoms with Crippen molar-refractivity contribution in [2.24, 2.45) is 0 Å². The van der Waals surface area contributed by atoms with Crippen molar-refractivity contribution >= 4 is 86.7 Å². The van der Waals surface area contributed by atoms with Crippen molar-refractivity contribution < 1.29 is 0 Å². The number of nitrogens with zero attached hydrogens (tertiary/aromatic N) is 5. The normalized spacial score (nSPS) is 11.9. The molecule has 0 unspecified atom stereocenters. The molecule has 3 aromatic heterocycles. The van der Waals surface area contributed by atoms with Gasteiger partial charge in [0, 0.05) is 38.1 Å². The van der Waals surface area contributed by atoms with Crippen LogP contribution in [0, 0.1) is 0 Å². The summed E-state index contributed by atoms with van der Waals surface area (Å²) in [6.45, 7) is 0. The molecule has 66 heavy (non-hydrogen) atoms. The Morgan fingerprint density at radius 2 is 0.667 bits per heavy atom. The molecule has 0 N–H and O–H groups in total. The zero-order chi connectivity index (χ0) is 43.3. The molecule has 0 aliphatic carbocycles.